The maximum atomic E-state index is 12.1. The summed E-state index contributed by atoms with van der Waals surface area (Å²) in [5, 5.41) is 13.6. The van der Waals surface area contributed by atoms with Crippen molar-refractivity contribution in [1.29, 1.82) is 0 Å². The molecule has 5 heteroatoms. The molecular weight excluding hydrogens is 288 g/mol. The van der Waals surface area contributed by atoms with Crippen LogP contribution < -0.4 is 11.1 Å². The summed E-state index contributed by atoms with van der Waals surface area (Å²) in [6, 6.07) is 4.80. The van der Waals surface area contributed by atoms with Crippen LogP contribution in [0.2, 0.25) is 5.02 Å². The van der Waals surface area contributed by atoms with E-state index in [-0.39, 0.29) is 12.5 Å². The molecule has 0 atom stereocenters. The highest BCUT2D eigenvalue weighted by molar-refractivity contribution is 6.34. The first-order valence-electron chi connectivity index (χ1n) is 7.49. The van der Waals surface area contributed by atoms with Gasteiger partial charge in [0.05, 0.1) is 16.2 Å². The summed E-state index contributed by atoms with van der Waals surface area (Å²) in [6.07, 6.45) is 4.67. The van der Waals surface area contributed by atoms with Gasteiger partial charge in [-0.2, -0.15) is 0 Å². The van der Waals surface area contributed by atoms with Crippen molar-refractivity contribution in [3.63, 3.8) is 0 Å². The highest BCUT2D eigenvalue weighted by atomic mass is 35.5. The average molecular weight is 311 g/mol. The zero-order chi connectivity index (χ0) is 15.5. The number of hydrogen-bond donors (Lipinski definition) is 3. The van der Waals surface area contributed by atoms with Crippen LogP contribution in [0.25, 0.3) is 0 Å². The lowest BCUT2D eigenvalue weighted by Gasteiger charge is -2.35. The predicted molar refractivity (Wildman–Crippen MR) is 85.4 cm³/mol. The molecule has 116 valence electrons. The molecule has 0 saturated heterocycles. The van der Waals surface area contributed by atoms with E-state index in [0.29, 0.717) is 22.2 Å². The third-order valence-corrected chi connectivity index (χ3v) is 4.74. The number of carbonyl (C=O) groups excluding carboxylic acids is 1. The Hall–Kier alpha value is -1.26. The second-order valence-electron chi connectivity index (χ2n) is 6.00. The Morgan fingerprint density at radius 3 is 2.71 bits per heavy atom. The Kier molecular flexibility index (Phi) is 5.12. The first kappa shape index (κ1) is 16.1. The number of aliphatic hydroxyl groups is 1. The Labute approximate surface area is 130 Å². The summed E-state index contributed by atoms with van der Waals surface area (Å²) in [5.74, 6) is 0.429. The topological polar surface area (TPSA) is 75.3 Å². The molecule has 4 nitrogen and oxygen atoms in total. The zero-order valence-corrected chi connectivity index (χ0v) is 13.1. The maximum absolute atomic E-state index is 12.1. The number of nitrogens with two attached hydrogens (primary N) is 1. The number of nitrogens with one attached hydrogen (secondary N) is 1. The minimum absolute atomic E-state index is 0.267. The van der Waals surface area contributed by atoms with Gasteiger partial charge in [0, 0.05) is 12.2 Å². The van der Waals surface area contributed by atoms with Crippen molar-refractivity contribution in [2.45, 2.75) is 44.6 Å². The van der Waals surface area contributed by atoms with Crippen LogP contribution in [0.15, 0.2) is 18.2 Å². The summed E-state index contributed by atoms with van der Waals surface area (Å²) < 4.78 is 0. The third kappa shape index (κ3) is 4.11. The van der Waals surface area contributed by atoms with Crippen LogP contribution in [0.1, 0.15) is 49.4 Å². The number of hydrogen-bond acceptors (Lipinski definition) is 3. The molecule has 0 unspecified atom stereocenters. The van der Waals surface area contributed by atoms with E-state index in [2.05, 4.69) is 12.2 Å². The SMILES string of the molecule is CCC1CCC(O)(CNC(=O)c2ccc(N)cc2Cl)CC1. The van der Waals surface area contributed by atoms with E-state index in [1.54, 1.807) is 18.2 Å². The van der Waals surface area contributed by atoms with E-state index >= 15 is 0 Å². The van der Waals surface area contributed by atoms with Crippen LogP contribution in [0.5, 0.6) is 0 Å². The first-order valence-corrected chi connectivity index (χ1v) is 7.87. The fourth-order valence-corrected chi connectivity index (χ4v) is 3.13. The van der Waals surface area contributed by atoms with E-state index in [1.165, 1.54) is 0 Å². The molecule has 4 N–H and O–H groups in total. The minimum atomic E-state index is -0.790. The Morgan fingerprint density at radius 1 is 1.48 bits per heavy atom. The fourth-order valence-electron chi connectivity index (χ4n) is 2.86. The van der Waals surface area contributed by atoms with Crippen molar-refractivity contribution in [2.75, 3.05) is 12.3 Å². The maximum Gasteiger partial charge on any atom is 0.252 e. The van der Waals surface area contributed by atoms with Gasteiger partial charge in [0.2, 0.25) is 0 Å². The molecule has 21 heavy (non-hydrogen) atoms. The summed E-state index contributed by atoms with van der Waals surface area (Å²) >= 11 is 6.02. The van der Waals surface area contributed by atoms with Gasteiger partial charge in [-0.15, -0.1) is 0 Å². The third-order valence-electron chi connectivity index (χ3n) is 4.43. The molecule has 1 fully saturated rings. The summed E-state index contributed by atoms with van der Waals surface area (Å²) in [4.78, 5) is 12.1. The second-order valence-corrected chi connectivity index (χ2v) is 6.41. The van der Waals surface area contributed by atoms with Gasteiger partial charge in [-0.05, 0) is 49.8 Å². The van der Waals surface area contributed by atoms with Gasteiger partial charge in [-0.25, -0.2) is 0 Å². The van der Waals surface area contributed by atoms with Crippen LogP contribution in [0.3, 0.4) is 0 Å². The number of amides is 1. The van der Waals surface area contributed by atoms with Gasteiger partial charge in [0.15, 0.2) is 0 Å². The van der Waals surface area contributed by atoms with Gasteiger partial charge in [0.1, 0.15) is 0 Å². The molecule has 0 spiro atoms. The minimum Gasteiger partial charge on any atom is -0.399 e. The molecule has 1 aromatic rings. The molecule has 2 rings (SSSR count). The lowest BCUT2D eigenvalue weighted by Crippen LogP contribution is -2.45. The molecule has 1 amide bonds. The summed E-state index contributed by atoms with van der Waals surface area (Å²) in [7, 11) is 0. The number of halogens is 1. The first-order chi connectivity index (χ1) is 9.93. The number of anilines is 1. The van der Waals surface area contributed by atoms with Crippen LogP contribution in [-0.2, 0) is 0 Å². The van der Waals surface area contributed by atoms with Crippen LogP contribution in [-0.4, -0.2) is 23.2 Å². The highest BCUT2D eigenvalue weighted by Gasteiger charge is 2.33. The highest BCUT2D eigenvalue weighted by Crippen LogP contribution is 2.33. The Bertz CT molecular complexity index is 511. The van der Waals surface area contributed by atoms with E-state index in [4.69, 9.17) is 17.3 Å². The molecule has 0 aromatic heterocycles. The monoisotopic (exact) mass is 310 g/mol. The Balaban J connectivity index is 1.92. The van der Waals surface area contributed by atoms with Crippen molar-refractivity contribution in [1.82, 2.24) is 5.32 Å². The van der Waals surface area contributed by atoms with Crippen molar-refractivity contribution in [3.8, 4) is 0 Å². The number of benzene rings is 1. The van der Waals surface area contributed by atoms with Crippen LogP contribution >= 0.6 is 11.6 Å². The predicted octanol–water partition coefficient (Wildman–Crippen LogP) is 2.98. The van der Waals surface area contributed by atoms with Gasteiger partial charge < -0.3 is 16.2 Å². The van der Waals surface area contributed by atoms with Gasteiger partial charge >= 0.3 is 0 Å². The largest absolute Gasteiger partial charge is 0.399 e. The fraction of sp³-hybridized carbons (Fsp3) is 0.562. The number of carbonyl (C=O) groups is 1. The van der Waals surface area contributed by atoms with Crippen molar-refractivity contribution < 1.29 is 9.90 Å². The van der Waals surface area contributed by atoms with E-state index in [1.807, 2.05) is 0 Å². The van der Waals surface area contributed by atoms with Crippen molar-refractivity contribution >= 4 is 23.2 Å². The second kappa shape index (κ2) is 6.67. The van der Waals surface area contributed by atoms with Gasteiger partial charge in [0.25, 0.3) is 5.91 Å². The van der Waals surface area contributed by atoms with E-state index < -0.39 is 5.60 Å². The van der Waals surface area contributed by atoms with Crippen molar-refractivity contribution in [3.05, 3.63) is 28.8 Å². The normalized spacial score (nSPS) is 25.6. The number of rotatable bonds is 4. The molecule has 1 aliphatic carbocycles. The van der Waals surface area contributed by atoms with Crippen molar-refractivity contribution in [2.24, 2.45) is 5.92 Å². The quantitative estimate of drug-likeness (QED) is 0.748. The lowest BCUT2D eigenvalue weighted by atomic mass is 9.78. The molecule has 0 radical (unpaired) electrons. The molecule has 1 saturated carbocycles. The van der Waals surface area contributed by atoms with Gasteiger partial charge in [-0.1, -0.05) is 24.9 Å². The molecule has 0 bridgehead atoms. The van der Waals surface area contributed by atoms with E-state index in [9.17, 15) is 9.90 Å². The van der Waals surface area contributed by atoms with Crippen LogP contribution in [0.4, 0.5) is 5.69 Å². The summed E-state index contributed by atoms with van der Waals surface area (Å²) in [6.45, 7) is 2.45. The summed E-state index contributed by atoms with van der Waals surface area (Å²) in [5.41, 5.74) is 5.73. The number of nitrogen functional groups attached to an aromatic ring is 1. The Morgan fingerprint density at radius 2 is 2.14 bits per heavy atom. The zero-order valence-electron chi connectivity index (χ0n) is 12.4. The smallest absolute Gasteiger partial charge is 0.252 e. The standard InChI is InChI=1S/C16H23ClN2O2/c1-2-11-5-7-16(21,8-6-11)10-19-15(20)13-4-3-12(18)9-14(13)17/h3-4,9,11,21H,2,5-8,10,18H2,1H3,(H,19,20). The average Bonchev–Trinajstić information content (AvgIpc) is 2.46. The molecule has 0 aliphatic heterocycles. The molecule has 1 aromatic carbocycles. The molecular formula is C16H23ClN2O2. The lowest BCUT2D eigenvalue weighted by molar-refractivity contribution is -0.00786. The van der Waals surface area contributed by atoms with Gasteiger partial charge in [-0.3, -0.25) is 4.79 Å². The van der Waals surface area contributed by atoms with Crippen LogP contribution in [0, 0.1) is 5.92 Å². The molecule has 1 aliphatic rings. The van der Waals surface area contributed by atoms with E-state index in [0.717, 1.165) is 32.1 Å². The molecule has 0 heterocycles.